The monoisotopic (exact) mass is 344 g/mol. The summed E-state index contributed by atoms with van der Waals surface area (Å²) < 4.78 is 11.1. The Balaban J connectivity index is 2.47. The molecule has 1 aromatic rings. The summed E-state index contributed by atoms with van der Waals surface area (Å²) in [6.07, 6.45) is 0. The zero-order chi connectivity index (χ0) is 15.0. The van der Waals surface area contributed by atoms with Gasteiger partial charge >= 0.3 is 0 Å². The van der Waals surface area contributed by atoms with Crippen LogP contribution >= 0.6 is 15.9 Å². The van der Waals surface area contributed by atoms with Gasteiger partial charge in [0, 0.05) is 24.7 Å². The highest BCUT2D eigenvalue weighted by Crippen LogP contribution is 2.22. The maximum atomic E-state index is 11.8. The highest BCUT2D eigenvalue weighted by Gasteiger charge is 2.12. The quantitative estimate of drug-likeness (QED) is 0.704. The average Bonchev–Trinajstić information content (AvgIpc) is 2.46. The SMILES string of the molecule is COCCNC(=O)C(C)NCc1cc(OC)ccc1Br. The third-order valence-electron chi connectivity index (χ3n) is 2.85. The van der Waals surface area contributed by atoms with Gasteiger partial charge in [0.1, 0.15) is 5.75 Å². The molecule has 0 aliphatic heterocycles. The van der Waals surface area contributed by atoms with Crippen molar-refractivity contribution >= 4 is 21.8 Å². The Bertz CT molecular complexity index is 440. The molecule has 2 N–H and O–H groups in total. The molecule has 1 amide bonds. The van der Waals surface area contributed by atoms with Gasteiger partial charge in [-0.25, -0.2) is 0 Å². The summed E-state index contributed by atoms with van der Waals surface area (Å²) >= 11 is 3.49. The lowest BCUT2D eigenvalue weighted by Gasteiger charge is -2.15. The summed E-state index contributed by atoms with van der Waals surface area (Å²) in [5, 5.41) is 5.97. The summed E-state index contributed by atoms with van der Waals surface area (Å²) in [7, 11) is 3.24. The molecule has 6 heteroatoms. The highest BCUT2D eigenvalue weighted by atomic mass is 79.9. The smallest absolute Gasteiger partial charge is 0.236 e. The average molecular weight is 345 g/mol. The van der Waals surface area contributed by atoms with Crippen molar-refractivity contribution in [2.45, 2.75) is 19.5 Å². The normalized spacial score (nSPS) is 12.0. The second kappa shape index (κ2) is 8.94. The van der Waals surface area contributed by atoms with Gasteiger partial charge < -0.3 is 20.1 Å². The number of amides is 1. The molecule has 0 saturated carbocycles. The predicted octanol–water partition coefficient (Wildman–Crippen LogP) is 1.70. The summed E-state index contributed by atoms with van der Waals surface area (Å²) in [6, 6.07) is 5.48. The number of rotatable bonds is 8. The van der Waals surface area contributed by atoms with Crippen LogP contribution in [0.1, 0.15) is 12.5 Å². The molecule has 112 valence electrons. The third-order valence-corrected chi connectivity index (χ3v) is 3.62. The first kappa shape index (κ1) is 16.9. The van der Waals surface area contributed by atoms with Gasteiger partial charge in [0.25, 0.3) is 0 Å². The van der Waals surface area contributed by atoms with E-state index in [4.69, 9.17) is 9.47 Å². The number of hydrogen-bond donors (Lipinski definition) is 2. The minimum Gasteiger partial charge on any atom is -0.497 e. The largest absolute Gasteiger partial charge is 0.497 e. The Hall–Kier alpha value is -1.11. The van der Waals surface area contributed by atoms with Gasteiger partial charge in [-0.1, -0.05) is 15.9 Å². The number of carbonyl (C=O) groups is 1. The topological polar surface area (TPSA) is 59.6 Å². The number of carbonyl (C=O) groups excluding carboxylic acids is 1. The van der Waals surface area contributed by atoms with Crippen molar-refractivity contribution in [1.29, 1.82) is 0 Å². The molecular formula is C14H21BrN2O3. The van der Waals surface area contributed by atoms with Gasteiger partial charge in [-0.15, -0.1) is 0 Å². The van der Waals surface area contributed by atoms with E-state index in [2.05, 4.69) is 26.6 Å². The lowest BCUT2D eigenvalue weighted by atomic mass is 10.2. The number of hydrogen-bond acceptors (Lipinski definition) is 4. The Morgan fingerprint density at radius 1 is 1.40 bits per heavy atom. The first-order valence-electron chi connectivity index (χ1n) is 6.41. The van der Waals surface area contributed by atoms with Crippen LogP contribution in [0, 0.1) is 0 Å². The van der Waals surface area contributed by atoms with Gasteiger partial charge in [-0.05, 0) is 30.7 Å². The lowest BCUT2D eigenvalue weighted by molar-refractivity contribution is -0.122. The molecule has 1 unspecified atom stereocenters. The molecule has 0 aliphatic rings. The summed E-state index contributed by atoms with van der Waals surface area (Å²) in [5.74, 6) is 0.753. The van der Waals surface area contributed by atoms with E-state index in [9.17, 15) is 4.79 Å². The Morgan fingerprint density at radius 2 is 2.15 bits per heavy atom. The molecule has 1 rings (SSSR count). The van der Waals surface area contributed by atoms with Crippen molar-refractivity contribution in [3.63, 3.8) is 0 Å². The molecule has 0 saturated heterocycles. The minimum atomic E-state index is -0.273. The van der Waals surface area contributed by atoms with Crippen LogP contribution in [-0.2, 0) is 16.1 Å². The Morgan fingerprint density at radius 3 is 2.80 bits per heavy atom. The van der Waals surface area contributed by atoms with Gasteiger partial charge in [-0.2, -0.15) is 0 Å². The fourth-order valence-electron chi connectivity index (χ4n) is 1.60. The molecule has 0 bridgehead atoms. The molecule has 0 radical (unpaired) electrons. The maximum absolute atomic E-state index is 11.8. The molecule has 5 nitrogen and oxygen atoms in total. The first-order valence-corrected chi connectivity index (χ1v) is 7.20. The van der Waals surface area contributed by atoms with E-state index in [0.29, 0.717) is 19.7 Å². The van der Waals surface area contributed by atoms with Gasteiger partial charge in [0.15, 0.2) is 0 Å². The zero-order valence-electron chi connectivity index (χ0n) is 12.0. The predicted molar refractivity (Wildman–Crippen MR) is 81.9 cm³/mol. The number of methoxy groups -OCH3 is 2. The molecule has 0 spiro atoms. The molecule has 0 fully saturated rings. The Labute approximate surface area is 128 Å². The zero-order valence-corrected chi connectivity index (χ0v) is 13.6. The van der Waals surface area contributed by atoms with Crippen LogP contribution < -0.4 is 15.4 Å². The van der Waals surface area contributed by atoms with E-state index in [-0.39, 0.29) is 11.9 Å². The molecule has 1 aromatic carbocycles. The number of nitrogens with one attached hydrogen (secondary N) is 2. The molecule has 0 aliphatic carbocycles. The number of halogens is 1. The summed E-state index contributed by atoms with van der Waals surface area (Å²) in [6.45, 7) is 3.44. The maximum Gasteiger partial charge on any atom is 0.236 e. The third kappa shape index (κ3) is 5.48. The molecule has 0 heterocycles. The second-order valence-corrected chi connectivity index (χ2v) is 5.20. The number of benzene rings is 1. The van der Waals surface area contributed by atoms with E-state index in [1.165, 1.54) is 0 Å². The van der Waals surface area contributed by atoms with E-state index in [1.807, 2.05) is 25.1 Å². The lowest BCUT2D eigenvalue weighted by Crippen LogP contribution is -2.42. The van der Waals surface area contributed by atoms with E-state index in [1.54, 1.807) is 14.2 Å². The van der Waals surface area contributed by atoms with Crippen LogP contribution in [0.25, 0.3) is 0 Å². The van der Waals surface area contributed by atoms with Crippen LogP contribution in [0.15, 0.2) is 22.7 Å². The molecule has 20 heavy (non-hydrogen) atoms. The van der Waals surface area contributed by atoms with E-state index < -0.39 is 0 Å². The fourth-order valence-corrected chi connectivity index (χ4v) is 1.99. The van der Waals surface area contributed by atoms with Gasteiger partial charge in [0.2, 0.25) is 5.91 Å². The van der Waals surface area contributed by atoms with Crippen molar-refractivity contribution < 1.29 is 14.3 Å². The van der Waals surface area contributed by atoms with Crippen molar-refractivity contribution in [2.75, 3.05) is 27.4 Å². The summed E-state index contributed by atoms with van der Waals surface area (Å²) in [4.78, 5) is 11.8. The van der Waals surface area contributed by atoms with Crippen LogP contribution in [0.3, 0.4) is 0 Å². The fraction of sp³-hybridized carbons (Fsp3) is 0.500. The van der Waals surface area contributed by atoms with Crippen molar-refractivity contribution in [1.82, 2.24) is 10.6 Å². The number of ether oxygens (including phenoxy) is 2. The molecule has 1 atom stereocenters. The van der Waals surface area contributed by atoms with Crippen molar-refractivity contribution in [3.8, 4) is 5.75 Å². The molecular weight excluding hydrogens is 324 g/mol. The summed E-state index contributed by atoms with van der Waals surface area (Å²) in [5.41, 5.74) is 1.04. The van der Waals surface area contributed by atoms with Crippen molar-refractivity contribution in [2.24, 2.45) is 0 Å². The van der Waals surface area contributed by atoms with Crippen molar-refractivity contribution in [3.05, 3.63) is 28.2 Å². The van der Waals surface area contributed by atoms with Gasteiger partial charge in [-0.3, -0.25) is 4.79 Å². The standard InChI is InChI=1S/C14H21BrN2O3/c1-10(14(18)16-6-7-19-2)17-9-11-8-12(20-3)4-5-13(11)15/h4-5,8,10,17H,6-7,9H2,1-3H3,(H,16,18). The van der Waals surface area contributed by atoms with Gasteiger partial charge in [0.05, 0.1) is 19.8 Å². The van der Waals surface area contributed by atoms with E-state index >= 15 is 0 Å². The molecule has 0 aromatic heterocycles. The second-order valence-electron chi connectivity index (χ2n) is 4.34. The Kier molecular flexibility index (Phi) is 7.58. The first-order chi connectivity index (χ1) is 9.58. The highest BCUT2D eigenvalue weighted by molar-refractivity contribution is 9.10. The van der Waals surface area contributed by atoms with Crippen LogP contribution in [0.2, 0.25) is 0 Å². The van der Waals surface area contributed by atoms with Crippen LogP contribution in [0.5, 0.6) is 5.75 Å². The van der Waals surface area contributed by atoms with Crippen LogP contribution in [0.4, 0.5) is 0 Å². The minimum absolute atomic E-state index is 0.0407. The van der Waals surface area contributed by atoms with E-state index in [0.717, 1.165) is 15.8 Å². The van der Waals surface area contributed by atoms with Crippen LogP contribution in [-0.4, -0.2) is 39.3 Å².